The van der Waals surface area contributed by atoms with E-state index in [1.165, 1.54) is 6.20 Å². The molecule has 6 heteroatoms. The summed E-state index contributed by atoms with van der Waals surface area (Å²) in [5.74, 6) is -0.247. The normalized spacial score (nSPS) is 10.6. The van der Waals surface area contributed by atoms with Crippen LogP contribution in [0.2, 0.25) is 0 Å². The number of nitrogens with zero attached hydrogens (tertiary/aromatic N) is 4. The molecule has 16 heavy (non-hydrogen) atoms. The molecule has 0 atom stereocenters. The lowest BCUT2D eigenvalue weighted by Gasteiger charge is -2.08. The summed E-state index contributed by atoms with van der Waals surface area (Å²) >= 11 is 0. The SMILES string of the molecule is Cc1ncc(C(=O)O)n1CCn1ccnc1. The van der Waals surface area contributed by atoms with Gasteiger partial charge in [0.25, 0.3) is 0 Å². The Hall–Kier alpha value is -2.11. The molecule has 0 aliphatic heterocycles. The van der Waals surface area contributed by atoms with Gasteiger partial charge in [-0.25, -0.2) is 14.8 Å². The fourth-order valence-electron chi connectivity index (χ4n) is 1.56. The Morgan fingerprint density at radius 1 is 1.50 bits per heavy atom. The van der Waals surface area contributed by atoms with E-state index in [0.29, 0.717) is 18.9 Å². The van der Waals surface area contributed by atoms with Crippen LogP contribution in [0, 0.1) is 6.92 Å². The molecular weight excluding hydrogens is 208 g/mol. The van der Waals surface area contributed by atoms with Gasteiger partial charge in [-0.1, -0.05) is 0 Å². The number of aromatic nitrogens is 4. The molecule has 0 aliphatic carbocycles. The molecule has 2 aromatic rings. The average molecular weight is 220 g/mol. The lowest BCUT2D eigenvalue weighted by Crippen LogP contribution is -2.13. The molecule has 0 bridgehead atoms. The van der Waals surface area contributed by atoms with Crippen LogP contribution in [0.15, 0.2) is 24.9 Å². The number of aromatic carboxylic acids is 1. The Kier molecular flexibility index (Phi) is 2.72. The van der Waals surface area contributed by atoms with Crippen molar-refractivity contribution in [3.8, 4) is 0 Å². The molecule has 84 valence electrons. The van der Waals surface area contributed by atoms with Crippen molar-refractivity contribution in [2.75, 3.05) is 0 Å². The summed E-state index contributed by atoms with van der Waals surface area (Å²) in [6.45, 7) is 3.04. The highest BCUT2D eigenvalue weighted by molar-refractivity contribution is 5.85. The maximum absolute atomic E-state index is 10.9. The highest BCUT2D eigenvalue weighted by atomic mass is 16.4. The van der Waals surface area contributed by atoms with Gasteiger partial charge in [-0.15, -0.1) is 0 Å². The molecule has 0 spiro atoms. The van der Waals surface area contributed by atoms with Crippen LogP contribution in [0.5, 0.6) is 0 Å². The van der Waals surface area contributed by atoms with Crippen LogP contribution in [0.3, 0.4) is 0 Å². The fraction of sp³-hybridized carbons (Fsp3) is 0.300. The van der Waals surface area contributed by atoms with Crippen LogP contribution in [0.1, 0.15) is 16.3 Å². The van der Waals surface area contributed by atoms with E-state index in [4.69, 9.17) is 5.11 Å². The monoisotopic (exact) mass is 220 g/mol. The Bertz CT molecular complexity index is 487. The molecule has 0 amide bonds. The van der Waals surface area contributed by atoms with Gasteiger partial charge in [-0.3, -0.25) is 0 Å². The molecule has 0 radical (unpaired) electrons. The molecule has 0 fully saturated rings. The first-order valence-electron chi connectivity index (χ1n) is 4.89. The number of carboxylic acid groups (broad SMARTS) is 1. The third kappa shape index (κ3) is 1.95. The first-order valence-corrected chi connectivity index (χ1v) is 4.89. The van der Waals surface area contributed by atoms with Crippen molar-refractivity contribution in [2.24, 2.45) is 0 Å². The maximum Gasteiger partial charge on any atom is 0.354 e. The number of rotatable bonds is 4. The van der Waals surface area contributed by atoms with Crippen molar-refractivity contribution in [2.45, 2.75) is 20.0 Å². The van der Waals surface area contributed by atoms with Crippen molar-refractivity contribution in [1.82, 2.24) is 19.1 Å². The lowest BCUT2D eigenvalue weighted by atomic mass is 10.4. The van der Waals surface area contributed by atoms with Gasteiger partial charge in [0.2, 0.25) is 0 Å². The molecule has 0 saturated heterocycles. The Balaban J connectivity index is 2.14. The predicted octanol–water partition coefficient (Wildman–Crippen LogP) is 0.786. The molecule has 2 aromatic heterocycles. The number of hydrogen-bond donors (Lipinski definition) is 1. The second-order valence-corrected chi connectivity index (χ2v) is 3.45. The predicted molar refractivity (Wildman–Crippen MR) is 56.2 cm³/mol. The molecule has 6 nitrogen and oxygen atoms in total. The number of hydrogen-bond acceptors (Lipinski definition) is 3. The number of carboxylic acids is 1. The van der Waals surface area contributed by atoms with Gasteiger partial charge in [-0.2, -0.15) is 0 Å². The van der Waals surface area contributed by atoms with E-state index in [2.05, 4.69) is 9.97 Å². The third-order valence-electron chi connectivity index (χ3n) is 2.42. The van der Waals surface area contributed by atoms with E-state index in [9.17, 15) is 4.79 Å². The zero-order chi connectivity index (χ0) is 11.5. The molecule has 0 saturated carbocycles. The van der Waals surface area contributed by atoms with E-state index in [1.807, 2.05) is 10.8 Å². The quantitative estimate of drug-likeness (QED) is 0.826. The van der Waals surface area contributed by atoms with Crippen molar-refractivity contribution in [3.05, 3.63) is 36.4 Å². The van der Waals surface area contributed by atoms with Crippen LogP contribution in [0.25, 0.3) is 0 Å². The van der Waals surface area contributed by atoms with E-state index in [1.54, 1.807) is 24.0 Å². The van der Waals surface area contributed by atoms with Crippen molar-refractivity contribution < 1.29 is 9.90 Å². The van der Waals surface area contributed by atoms with Crippen molar-refractivity contribution in [1.29, 1.82) is 0 Å². The highest BCUT2D eigenvalue weighted by Crippen LogP contribution is 2.05. The standard InChI is InChI=1S/C10H12N4O2/c1-8-12-6-9(10(15)16)14(8)5-4-13-3-2-11-7-13/h2-3,6-7H,4-5H2,1H3,(H,15,16). The Morgan fingerprint density at radius 3 is 2.94 bits per heavy atom. The summed E-state index contributed by atoms with van der Waals surface area (Å²) in [4.78, 5) is 18.8. The zero-order valence-electron chi connectivity index (χ0n) is 8.87. The molecule has 0 unspecified atom stereocenters. The first kappa shape index (κ1) is 10.4. The Morgan fingerprint density at radius 2 is 2.31 bits per heavy atom. The van der Waals surface area contributed by atoms with Gasteiger partial charge in [-0.05, 0) is 6.92 Å². The smallest absolute Gasteiger partial charge is 0.354 e. The van der Waals surface area contributed by atoms with E-state index in [-0.39, 0.29) is 5.69 Å². The lowest BCUT2D eigenvalue weighted by molar-refractivity contribution is 0.0684. The van der Waals surface area contributed by atoms with Crippen LogP contribution in [-0.2, 0) is 13.1 Å². The minimum atomic E-state index is -0.953. The second-order valence-electron chi connectivity index (χ2n) is 3.45. The summed E-state index contributed by atoms with van der Waals surface area (Å²) in [7, 11) is 0. The second kappa shape index (κ2) is 4.18. The van der Waals surface area contributed by atoms with Crippen LogP contribution in [-0.4, -0.2) is 30.2 Å². The summed E-state index contributed by atoms with van der Waals surface area (Å²) in [5, 5.41) is 8.96. The summed E-state index contributed by atoms with van der Waals surface area (Å²) in [5.41, 5.74) is 0.220. The van der Waals surface area contributed by atoms with Crippen molar-refractivity contribution >= 4 is 5.97 Å². The molecule has 1 N–H and O–H groups in total. The highest BCUT2D eigenvalue weighted by Gasteiger charge is 2.12. The molecule has 0 aliphatic rings. The van der Waals surface area contributed by atoms with Crippen LogP contribution in [0.4, 0.5) is 0 Å². The van der Waals surface area contributed by atoms with Gasteiger partial charge in [0.05, 0.1) is 12.5 Å². The largest absolute Gasteiger partial charge is 0.477 e. The first-order chi connectivity index (χ1) is 7.68. The molecule has 2 rings (SSSR count). The van der Waals surface area contributed by atoms with Gasteiger partial charge < -0.3 is 14.2 Å². The number of imidazole rings is 2. The summed E-state index contributed by atoms with van der Waals surface area (Å²) < 4.78 is 3.58. The van der Waals surface area contributed by atoms with E-state index >= 15 is 0 Å². The van der Waals surface area contributed by atoms with Gasteiger partial charge in [0.15, 0.2) is 0 Å². The third-order valence-corrected chi connectivity index (χ3v) is 2.42. The fourth-order valence-corrected chi connectivity index (χ4v) is 1.56. The Labute approximate surface area is 92.2 Å². The minimum Gasteiger partial charge on any atom is -0.477 e. The van der Waals surface area contributed by atoms with E-state index < -0.39 is 5.97 Å². The maximum atomic E-state index is 10.9. The molecule has 0 aromatic carbocycles. The molecule has 2 heterocycles. The summed E-state index contributed by atoms with van der Waals surface area (Å²) in [6, 6.07) is 0. The molecular formula is C10H12N4O2. The minimum absolute atomic E-state index is 0.220. The number of aryl methyl sites for hydroxylation is 2. The zero-order valence-corrected chi connectivity index (χ0v) is 8.87. The van der Waals surface area contributed by atoms with Crippen molar-refractivity contribution in [3.63, 3.8) is 0 Å². The topological polar surface area (TPSA) is 72.9 Å². The van der Waals surface area contributed by atoms with Crippen LogP contribution >= 0.6 is 0 Å². The average Bonchev–Trinajstić information content (AvgIpc) is 2.84. The van der Waals surface area contributed by atoms with Gasteiger partial charge in [0, 0.05) is 25.5 Å². The summed E-state index contributed by atoms with van der Waals surface area (Å²) in [6.07, 6.45) is 6.61. The van der Waals surface area contributed by atoms with E-state index in [0.717, 1.165) is 0 Å². The number of carbonyl (C=O) groups is 1. The van der Waals surface area contributed by atoms with Gasteiger partial charge in [0.1, 0.15) is 11.5 Å². The van der Waals surface area contributed by atoms with Gasteiger partial charge >= 0.3 is 5.97 Å². The van der Waals surface area contributed by atoms with Crippen LogP contribution < -0.4 is 0 Å².